The summed E-state index contributed by atoms with van der Waals surface area (Å²) in [6.07, 6.45) is 1.23. The van der Waals surface area contributed by atoms with Gasteiger partial charge in [-0.25, -0.2) is 4.79 Å². The van der Waals surface area contributed by atoms with Gasteiger partial charge in [0.15, 0.2) is 0 Å². The molecule has 1 N–H and O–H groups in total. The summed E-state index contributed by atoms with van der Waals surface area (Å²) >= 11 is 0. The highest BCUT2D eigenvalue weighted by Crippen LogP contribution is 2.07. The minimum absolute atomic E-state index is 0.0162. The average Bonchev–Trinajstić information content (AvgIpc) is 2.10. The highest BCUT2D eigenvalue weighted by Gasteiger charge is 2.27. The van der Waals surface area contributed by atoms with Crippen molar-refractivity contribution in [3.8, 4) is 0 Å². The van der Waals surface area contributed by atoms with E-state index < -0.39 is 0 Å². The number of carbonyl (C=O) groups is 1. The monoisotopic (exact) mass is 127 g/mol. The van der Waals surface area contributed by atoms with Crippen molar-refractivity contribution in [2.24, 2.45) is 0 Å². The summed E-state index contributed by atoms with van der Waals surface area (Å²) in [5.41, 5.74) is 0. The zero-order valence-electron chi connectivity index (χ0n) is 5.26. The molecular weight excluding hydrogens is 118 g/mol. The normalized spacial score (nSPS) is 33.2. The first-order valence-corrected chi connectivity index (χ1v) is 2.83. The molecule has 0 aliphatic carbocycles. The number of hydrogen-bond donors (Lipinski definition) is 1. The van der Waals surface area contributed by atoms with Crippen LogP contribution in [0.1, 0.15) is 6.92 Å². The van der Waals surface area contributed by atoms with E-state index in [1.165, 1.54) is 0 Å². The molecular formula is C6H9NO2. The van der Waals surface area contributed by atoms with Crippen LogP contribution < -0.4 is 5.32 Å². The standard InChI is InChI=1S/C6H9NO2/c1-3-5-4(2)9-6(8)7-5/h3-5H,1H2,2H3,(H,7,8)/t4-,5?/m0/s1. The Morgan fingerprint density at radius 3 is 2.78 bits per heavy atom. The molecule has 1 rings (SSSR count). The molecule has 1 fully saturated rings. The number of ether oxygens (including phenoxy) is 1. The van der Waals surface area contributed by atoms with E-state index in [1.807, 2.05) is 6.92 Å². The summed E-state index contributed by atoms with van der Waals surface area (Å²) < 4.78 is 4.74. The lowest BCUT2D eigenvalue weighted by molar-refractivity contribution is 0.144. The molecule has 0 spiro atoms. The van der Waals surface area contributed by atoms with Crippen molar-refractivity contribution < 1.29 is 9.53 Å². The maximum absolute atomic E-state index is 10.4. The molecule has 2 atom stereocenters. The smallest absolute Gasteiger partial charge is 0.408 e. The molecule has 50 valence electrons. The number of hydrogen-bond acceptors (Lipinski definition) is 2. The quantitative estimate of drug-likeness (QED) is 0.526. The molecule has 0 aromatic carbocycles. The van der Waals surface area contributed by atoms with Crippen LogP contribution in [0.15, 0.2) is 12.7 Å². The van der Waals surface area contributed by atoms with Gasteiger partial charge in [-0.15, -0.1) is 6.58 Å². The maximum atomic E-state index is 10.4. The molecule has 0 bridgehead atoms. The van der Waals surface area contributed by atoms with Crippen molar-refractivity contribution in [1.82, 2.24) is 5.32 Å². The van der Waals surface area contributed by atoms with Crippen LogP contribution in [0.4, 0.5) is 4.79 Å². The lowest BCUT2D eigenvalue weighted by Crippen LogP contribution is -2.26. The van der Waals surface area contributed by atoms with Gasteiger partial charge >= 0.3 is 6.09 Å². The Bertz CT molecular complexity index is 144. The number of cyclic esters (lactones) is 1. The molecule has 3 nitrogen and oxygen atoms in total. The van der Waals surface area contributed by atoms with Crippen LogP contribution in [0.3, 0.4) is 0 Å². The fraction of sp³-hybridized carbons (Fsp3) is 0.500. The number of alkyl carbamates (subject to hydrolysis) is 1. The number of nitrogens with one attached hydrogen (secondary N) is 1. The van der Waals surface area contributed by atoms with E-state index in [-0.39, 0.29) is 18.2 Å². The van der Waals surface area contributed by atoms with E-state index in [9.17, 15) is 4.79 Å². The number of carbonyl (C=O) groups excluding carboxylic acids is 1. The fourth-order valence-corrected chi connectivity index (χ4v) is 0.780. The molecule has 0 radical (unpaired) electrons. The topological polar surface area (TPSA) is 38.3 Å². The van der Waals surface area contributed by atoms with Gasteiger partial charge in [0.05, 0.1) is 6.04 Å². The largest absolute Gasteiger partial charge is 0.444 e. The Morgan fingerprint density at radius 2 is 2.56 bits per heavy atom. The van der Waals surface area contributed by atoms with E-state index in [0.29, 0.717) is 0 Å². The van der Waals surface area contributed by atoms with E-state index >= 15 is 0 Å². The van der Waals surface area contributed by atoms with Crippen molar-refractivity contribution in [3.05, 3.63) is 12.7 Å². The van der Waals surface area contributed by atoms with Gasteiger partial charge in [-0.1, -0.05) is 6.08 Å². The van der Waals surface area contributed by atoms with Crippen LogP contribution in [0.25, 0.3) is 0 Å². The molecule has 1 aliphatic rings. The molecule has 1 heterocycles. The van der Waals surface area contributed by atoms with Crippen LogP contribution in [0, 0.1) is 0 Å². The predicted octanol–water partition coefficient (Wildman–Crippen LogP) is 0.669. The van der Waals surface area contributed by atoms with Crippen molar-refractivity contribution in [3.63, 3.8) is 0 Å². The Hall–Kier alpha value is -0.990. The Labute approximate surface area is 53.7 Å². The zero-order valence-corrected chi connectivity index (χ0v) is 5.26. The molecule has 0 saturated carbocycles. The molecule has 1 saturated heterocycles. The van der Waals surface area contributed by atoms with Crippen molar-refractivity contribution in [2.45, 2.75) is 19.1 Å². The van der Waals surface area contributed by atoms with Gasteiger partial charge in [0.1, 0.15) is 6.10 Å². The Kier molecular flexibility index (Phi) is 1.42. The molecule has 0 aromatic rings. The Morgan fingerprint density at radius 1 is 1.89 bits per heavy atom. The molecule has 1 aliphatic heterocycles. The fourth-order valence-electron chi connectivity index (χ4n) is 0.780. The minimum atomic E-state index is -0.354. The van der Waals surface area contributed by atoms with Gasteiger partial charge in [0.2, 0.25) is 0 Å². The minimum Gasteiger partial charge on any atom is -0.444 e. The molecule has 3 heteroatoms. The van der Waals surface area contributed by atoms with Gasteiger partial charge in [0.25, 0.3) is 0 Å². The summed E-state index contributed by atoms with van der Waals surface area (Å²) in [6.45, 7) is 5.36. The van der Waals surface area contributed by atoms with Crippen LogP contribution in [0.2, 0.25) is 0 Å². The molecule has 9 heavy (non-hydrogen) atoms. The first-order valence-electron chi connectivity index (χ1n) is 2.83. The summed E-state index contributed by atoms with van der Waals surface area (Å²) in [7, 11) is 0. The van der Waals surface area contributed by atoms with Crippen molar-refractivity contribution in [1.29, 1.82) is 0 Å². The third-order valence-electron chi connectivity index (χ3n) is 1.34. The zero-order chi connectivity index (χ0) is 6.85. The van der Waals surface area contributed by atoms with E-state index in [4.69, 9.17) is 4.74 Å². The SMILES string of the molecule is C=CC1NC(=O)O[C@H]1C. The summed E-state index contributed by atoms with van der Waals surface area (Å²) in [4.78, 5) is 10.4. The predicted molar refractivity (Wildman–Crippen MR) is 33.1 cm³/mol. The molecule has 1 unspecified atom stereocenters. The second kappa shape index (κ2) is 2.09. The second-order valence-corrected chi connectivity index (χ2v) is 2.02. The first-order chi connectivity index (χ1) is 4.24. The number of rotatable bonds is 1. The molecule has 0 aromatic heterocycles. The summed E-state index contributed by atoms with van der Waals surface area (Å²) in [6, 6.07) is -0.0162. The average molecular weight is 127 g/mol. The van der Waals surface area contributed by atoms with Crippen molar-refractivity contribution >= 4 is 6.09 Å². The lowest BCUT2D eigenvalue weighted by atomic mass is 10.2. The Balaban J connectivity index is 2.57. The highest BCUT2D eigenvalue weighted by molar-refractivity contribution is 5.70. The maximum Gasteiger partial charge on any atom is 0.408 e. The van der Waals surface area contributed by atoms with Crippen LogP contribution in [-0.2, 0) is 4.74 Å². The summed E-state index contributed by atoms with van der Waals surface area (Å²) in [5, 5.41) is 2.57. The van der Waals surface area contributed by atoms with Gasteiger partial charge < -0.3 is 10.1 Å². The van der Waals surface area contributed by atoms with E-state index in [2.05, 4.69) is 11.9 Å². The molecule has 1 amide bonds. The van der Waals surface area contributed by atoms with Crippen LogP contribution in [0.5, 0.6) is 0 Å². The second-order valence-electron chi connectivity index (χ2n) is 2.02. The van der Waals surface area contributed by atoms with Gasteiger partial charge in [-0.05, 0) is 6.92 Å². The summed E-state index contributed by atoms with van der Waals surface area (Å²) in [5.74, 6) is 0. The number of amides is 1. The van der Waals surface area contributed by atoms with E-state index in [0.717, 1.165) is 0 Å². The van der Waals surface area contributed by atoms with Gasteiger partial charge in [-0.2, -0.15) is 0 Å². The van der Waals surface area contributed by atoms with Crippen LogP contribution >= 0.6 is 0 Å². The first kappa shape index (κ1) is 6.13. The lowest BCUT2D eigenvalue weighted by Gasteiger charge is -2.04. The van der Waals surface area contributed by atoms with E-state index in [1.54, 1.807) is 6.08 Å². The third-order valence-corrected chi connectivity index (χ3v) is 1.34. The van der Waals surface area contributed by atoms with Crippen LogP contribution in [-0.4, -0.2) is 18.2 Å². The van der Waals surface area contributed by atoms with Gasteiger partial charge in [0, 0.05) is 0 Å². The van der Waals surface area contributed by atoms with Crippen molar-refractivity contribution in [2.75, 3.05) is 0 Å². The third kappa shape index (κ3) is 1.04. The van der Waals surface area contributed by atoms with Gasteiger partial charge in [-0.3, -0.25) is 0 Å². The highest BCUT2D eigenvalue weighted by atomic mass is 16.6.